The summed E-state index contributed by atoms with van der Waals surface area (Å²) in [6, 6.07) is 0.479. The minimum absolute atomic E-state index is 0.0956. The average Bonchev–Trinajstić information content (AvgIpc) is 3.21. The molecule has 11 nitrogen and oxygen atoms in total. The van der Waals surface area contributed by atoms with E-state index < -0.39 is 35.4 Å². The molecule has 0 unspecified atom stereocenters. The SMILES string of the molecule is Cc1c2c(cc3c(-c4cnccn4)noc13)CC1(C(=O)NC(=O)NC1=O)[C@H]1[C@H](C)O[C@H](C)CN21. The van der Waals surface area contributed by atoms with Crippen molar-refractivity contribution in [1.82, 2.24) is 25.8 Å². The lowest BCUT2D eigenvalue weighted by atomic mass is 9.66. The Kier molecular flexibility index (Phi) is 4.31. The van der Waals surface area contributed by atoms with Crippen LogP contribution < -0.4 is 15.5 Å². The zero-order valence-corrected chi connectivity index (χ0v) is 18.8. The number of fused-ring (bicyclic) bond motifs is 5. The number of rotatable bonds is 1. The van der Waals surface area contributed by atoms with Gasteiger partial charge < -0.3 is 14.2 Å². The predicted molar refractivity (Wildman–Crippen MR) is 119 cm³/mol. The van der Waals surface area contributed by atoms with Crippen molar-refractivity contribution in [3.05, 3.63) is 35.8 Å². The Morgan fingerprint density at radius 3 is 2.62 bits per heavy atom. The maximum absolute atomic E-state index is 13.3. The monoisotopic (exact) mass is 462 g/mol. The van der Waals surface area contributed by atoms with E-state index in [0.717, 1.165) is 16.8 Å². The lowest BCUT2D eigenvalue weighted by Gasteiger charge is -2.55. The lowest BCUT2D eigenvalue weighted by molar-refractivity contribution is -0.153. The van der Waals surface area contributed by atoms with Crippen molar-refractivity contribution < 1.29 is 23.6 Å². The van der Waals surface area contributed by atoms with E-state index in [0.29, 0.717) is 28.9 Å². The summed E-state index contributed by atoms with van der Waals surface area (Å²) in [6.07, 6.45) is 4.27. The molecule has 1 aromatic carbocycles. The van der Waals surface area contributed by atoms with Crippen LogP contribution in [0, 0.1) is 12.3 Å². The van der Waals surface area contributed by atoms with Crippen molar-refractivity contribution >= 4 is 34.5 Å². The molecular weight excluding hydrogens is 440 g/mol. The largest absolute Gasteiger partial charge is 0.372 e. The Bertz CT molecular complexity index is 1350. The molecule has 2 saturated heterocycles. The van der Waals surface area contributed by atoms with E-state index in [9.17, 15) is 14.4 Å². The molecule has 2 aromatic heterocycles. The van der Waals surface area contributed by atoms with Crippen LogP contribution in [-0.2, 0) is 20.7 Å². The van der Waals surface area contributed by atoms with Crippen LogP contribution in [-0.4, -0.2) is 57.8 Å². The molecule has 4 amide bonds. The number of anilines is 1. The zero-order chi connectivity index (χ0) is 23.8. The fourth-order valence-corrected chi connectivity index (χ4v) is 5.86. The molecule has 0 aliphatic carbocycles. The quantitative estimate of drug-likeness (QED) is 0.515. The fraction of sp³-hybridized carbons (Fsp3) is 0.391. The average molecular weight is 462 g/mol. The van der Waals surface area contributed by atoms with Gasteiger partial charge in [0, 0.05) is 30.2 Å². The Morgan fingerprint density at radius 1 is 1.15 bits per heavy atom. The molecule has 2 N–H and O–H groups in total. The van der Waals surface area contributed by atoms with Crippen LogP contribution in [0.4, 0.5) is 10.5 Å². The fourth-order valence-electron chi connectivity index (χ4n) is 5.86. The van der Waals surface area contributed by atoms with Crippen LogP contribution >= 0.6 is 0 Å². The molecule has 34 heavy (non-hydrogen) atoms. The van der Waals surface area contributed by atoms with Gasteiger partial charge in [-0.1, -0.05) is 5.16 Å². The van der Waals surface area contributed by atoms with Crippen LogP contribution in [0.25, 0.3) is 22.4 Å². The number of hydrogen-bond donors (Lipinski definition) is 2. The van der Waals surface area contributed by atoms with Crippen LogP contribution in [0.5, 0.6) is 0 Å². The number of benzene rings is 1. The van der Waals surface area contributed by atoms with Crippen molar-refractivity contribution in [2.75, 3.05) is 11.4 Å². The number of ether oxygens (including phenoxy) is 1. The van der Waals surface area contributed by atoms with Gasteiger partial charge >= 0.3 is 6.03 Å². The van der Waals surface area contributed by atoms with Gasteiger partial charge in [-0.3, -0.25) is 30.2 Å². The number of carbonyl (C=O) groups is 3. The number of hydrogen-bond acceptors (Lipinski definition) is 9. The molecule has 3 atom stereocenters. The highest BCUT2D eigenvalue weighted by atomic mass is 16.5. The summed E-state index contributed by atoms with van der Waals surface area (Å²) in [5.41, 5.74) is 2.68. The molecule has 1 spiro atoms. The number of urea groups is 1. The number of nitrogens with one attached hydrogen (secondary N) is 2. The van der Waals surface area contributed by atoms with Crippen molar-refractivity contribution in [3.63, 3.8) is 0 Å². The standard InChI is InChI=1S/C23H22N6O5/c1-10-9-29-17-11(2)18-14(16(28-34-18)15-8-24-4-5-25-15)6-13(17)7-23(19(29)12(3)33-10)20(30)26-22(32)27-21(23)31/h4-6,8,10,12,19H,7,9H2,1-3H3,(H2,26,27,30,31,32)/t10-,12+,19-/m1/s1. The third kappa shape index (κ3) is 2.67. The van der Waals surface area contributed by atoms with E-state index in [1.807, 2.05) is 26.8 Å². The predicted octanol–water partition coefficient (Wildman–Crippen LogP) is 1.48. The van der Waals surface area contributed by atoms with E-state index in [4.69, 9.17) is 9.26 Å². The maximum atomic E-state index is 13.3. The van der Waals surface area contributed by atoms with Crippen molar-refractivity contribution in [2.45, 2.75) is 45.4 Å². The summed E-state index contributed by atoms with van der Waals surface area (Å²) in [6.45, 7) is 6.21. The van der Waals surface area contributed by atoms with Gasteiger partial charge in [0.15, 0.2) is 11.0 Å². The van der Waals surface area contributed by atoms with Gasteiger partial charge in [-0.05, 0) is 38.8 Å². The van der Waals surface area contributed by atoms with Crippen LogP contribution in [0.2, 0.25) is 0 Å². The Balaban J connectivity index is 1.61. The second-order valence-corrected chi connectivity index (χ2v) is 9.14. The summed E-state index contributed by atoms with van der Waals surface area (Å²) in [7, 11) is 0. The number of morpholine rings is 1. The molecule has 11 heteroatoms. The molecule has 5 heterocycles. The molecule has 3 aliphatic heterocycles. The normalized spacial score (nSPS) is 25.7. The molecule has 0 radical (unpaired) electrons. The highest BCUT2D eigenvalue weighted by Crippen LogP contribution is 2.49. The number of aromatic nitrogens is 3. The summed E-state index contributed by atoms with van der Waals surface area (Å²) >= 11 is 0. The molecule has 0 saturated carbocycles. The highest BCUT2D eigenvalue weighted by molar-refractivity contribution is 6.20. The Morgan fingerprint density at radius 2 is 1.91 bits per heavy atom. The van der Waals surface area contributed by atoms with Crippen LogP contribution in [0.1, 0.15) is 25.0 Å². The van der Waals surface area contributed by atoms with Crippen molar-refractivity contribution in [2.24, 2.45) is 5.41 Å². The Hall–Kier alpha value is -3.86. The molecule has 3 aliphatic rings. The van der Waals surface area contributed by atoms with Crippen LogP contribution in [0.3, 0.4) is 0 Å². The molecular formula is C23H22N6O5. The van der Waals surface area contributed by atoms with E-state index >= 15 is 0 Å². The minimum Gasteiger partial charge on any atom is -0.372 e. The minimum atomic E-state index is -1.54. The molecule has 174 valence electrons. The first-order chi connectivity index (χ1) is 16.3. The van der Waals surface area contributed by atoms with Gasteiger partial charge in [-0.25, -0.2) is 4.79 Å². The summed E-state index contributed by atoms with van der Waals surface area (Å²) in [5, 5.41) is 9.58. The second kappa shape index (κ2) is 7.07. The first-order valence-corrected chi connectivity index (χ1v) is 11.1. The number of aryl methyl sites for hydroxylation is 1. The first-order valence-electron chi connectivity index (χ1n) is 11.1. The third-order valence-electron chi connectivity index (χ3n) is 7.06. The molecule has 6 rings (SSSR count). The van der Waals surface area contributed by atoms with E-state index in [-0.39, 0.29) is 12.5 Å². The van der Waals surface area contributed by atoms with Gasteiger partial charge in [0.1, 0.15) is 11.4 Å². The molecule has 0 bridgehead atoms. The van der Waals surface area contributed by atoms with Crippen molar-refractivity contribution in [1.29, 1.82) is 0 Å². The molecule has 3 aromatic rings. The summed E-state index contributed by atoms with van der Waals surface area (Å²) in [4.78, 5) is 49.1. The first kappa shape index (κ1) is 20.7. The topological polar surface area (TPSA) is 140 Å². The third-order valence-corrected chi connectivity index (χ3v) is 7.06. The lowest BCUT2D eigenvalue weighted by Crippen LogP contribution is -2.75. The smallest absolute Gasteiger partial charge is 0.328 e. The maximum Gasteiger partial charge on any atom is 0.328 e. The zero-order valence-electron chi connectivity index (χ0n) is 18.8. The van der Waals surface area contributed by atoms with E-state index in [1.165, 1.54) is 0 Å². The van der Waals surface area contributed by atoms with Gasteiger partial charge in [0.05, 0.1) is 29.8 Å². The summed E-state index contributed by atoms with van der Waals surface area (Å²) in [5.74, 6) is -1.24. The Labute approximate surface area is 193 Å². The van der Waals surface area contributed by atoms with Crippen molar-refractivity contribution in [3.8, 4) is 11.4 Å². The number of barbiturate groups is 1. The number of carbonyl (C=O) groups excluding carboxylic acids is 3. The number of imide groups is 2. The number of amides is 4. The summed E-state index contributed by atoms with van der Waals surface area (Å²) < 4.78 is 11.8. The number of nitrogens with zero attached hydrogens (tertiary/aromatic N) is 4. The van der Waals surface area contributed by atoms with E-state index in [2.05, 4.69) is 30.7 Å². The van der Waals surface area contributed by atoms with Gasteiger partial charge in [0.2, 0.25) is 11.8 Å². The van der Waals surface area contributed by atoms with E-state index in [1.54, 1.807) is 18.6 Å². The molecule has 2 fully saturated rings. The van der Waals surface area contributed by atoms with Gasteiger partial charge in [-0.15, -0.1) is 0 Å². The second-order valence-electron chi connectivity index (χ2n) is 9.14. The van der Waals surface area contributed by atoms with Gasteiger partial charge in [0.25, 0.3) is 0 Å². The highest BCUT2D eigenvalue weighted by Gasteiger charge is 2.63. The van der Waals surface area contributed by atoms with Crippen LogP contribution in [0.15, 0.2) is 29.2 Å². The van der Waals surface area contributed by atoms with Gasteiger partial charge in [-0.2, -0.15) is 0 Å².